The molecule has 0 saturated carbocycles. The predicted molar refractivity (Wildman–Crippen MR) is 109 cm³/mol. The zero-order valence-corrected chi connectivity index (χ0v) is 17.0. The quantitative estimate of drug-likeness (QED) is 0.763. The molecule has 2 fully saturated rings. The molecule has 0 N–H and O–H groups in total. The van der Waals surface area contributed by atoms with E-state index in [-0.39, 0.29) is 28.7 Å². The Morgan fingerprint density at radius 2 is 1.85 bits per heavy atom. The summed E-state index contributed by atoms with van der Waals surface area (Å²) in [7, 11) is -3.04. The highest BCUT2D eigenvalue weighted by Crippen LogP contribution is 2.41. The number of benzene rings is 1. The monoisotopic (exact) mass is 395 g/mol. The third-order valence-electron chi connectivity index (χ3n) is 4.85. The molecule has 2 heterocycles. The minimum Gasteiger partial charge on any atom is -0.372 e. The van der Waals surface area contributed by atoms with Gasteiger partial charge in [0.25, 0.3) is 0 Å². The van der Waals surface area contributed by atoms with Crippen LogP contribution in [0.25, 0.3) is 0 Å². The molecule has 2 aliphatic heterocycles. The molecule has 0 aromatic heterocycles. The normalized spacial score (nSPS) is 25.5. The van der Waals surface area contributed by atoms with Gasteiger partial charge in [0, 0.05) is 36.1 Å². The molecular formula is C18H25N3O3S2. The third kappa shape index (κ3) is 3.76. The molecule has 2 atom stereocenters. The maximum absolute atomic E-state index is 12.1. The first-order valence-electron chi connectivity index (χ1n) is 9.01. The van der Waals surface area contributed by atoms with Gasteiger partial charge in [-0.1, -0.05) is 18.7 Å². The molecule has 0 aliphatic carbocycles. The van der Waals surface area contributed by atoms with Crippen molar-refractivity contribution in [3.63, 3.8) is 0 Å². The van der Waals surface area contributed by atoms with E-state index in [1.807, 2.05) is 29.2 Å². The van der Waals surface area contributed by atoms with E-state index in [4.69, 9.17) is 0 Å². The molecule has 26 heavy (non-hydrogen) atoms. The van der Waals surface area contributed by atoms with Crippen molar-refractivity contribution in [2.24, 2.45) is 4.99 Å². The third-order valence-corrected chi connectivity index (χ3v) is 8.06. The van der Waals surface area contributed by atoms with Gasteiger partial charge in [0.15, 0.2) is 15.0 Å². The first-order chi connectivity index (χ1) is 12.4. The lowest BCUT2D eigenvalue weighted by Crippen LogP contribution is -2.37. The Morgan fingerprint density at radius 3 is 2.42 bits per heavy atom. The fourth-order valence-electron chi connectivity index (χ4n) is 3.46. The summed E-state index contributed by atoms with van der Waals surface area (Å²) in [5.41, 5.74) is 2.02. The summed E-state index contributed by atoms with van der Waals surface area (Å²) < 4.78 is 24.1. The predicted octanol–water partition coefficient (Wildman–Crippen LogP) is 2.54. The van der Waals surface area contributed by atoms with E-state index in [9.17, 15) is 13.2 Å². The number of nitrogens with zero attached hydrogens (tertiary/aromatic N) is 3. The van der Waals surface area contributed by atoms with Gasteiger partial charge in [0.05, 0.1) is 17.5 Å². The Morgan fingerprint density at radius 1 is 1.19 bits per heavy atom. The van der Waals surface area contributed by atoms with Crippen molar-refractivity contribution < 1.29 is 13.2 Å². The highest BCUT2D eigenvalue weighted by Gasteiger charge is 2.49. The first-order valence-corrected chi connectivity index (χ1v) is 11.7. The van der Waals surface area contributed by atoms with E-state index >= 15 is 0 Å². The number of carbonyl (C=O) groups excluding carboxylic acids is 1. The average Bonchev–Trinajstić information content (AvgIpc) is 3.07. The van der Waals surface area contributed by atoms with Crippen LogP contribution in [0, 0.1) is 0 Å². The van der Waals surface area contributed by atoms with Gasteiger partial charge in [-0.25, -0.2) is 8.42 Å². The Labute approximate surface area is 159 Å². The number of hydrogen-bond acceptors (Lipinski definition) is 5. The Hall–Kier alpha value is -1.54. The molecule has 2 aliphatic rings. The summed E-state index contributed by atoms with van der Waals surface area (Å²) in [4.78, 5) is 20.3. The molecule has 1 aromatic rings. The zero-order chi connectivity index (χ0) is 18.9. The Bertz CT molecular complexity index is 801. The zero-order valence-electron chi connectivity index (χ0n) is 15.4. The lowest BCUT2D eigenvalue weighted by atomic mass is 10.2. The van der Waals surface area contributed by atoms with Crippen LogP contribution in [0.1, 0.15) is 27.2 Å². The van der Waals surface area contributed by atoms with Crippen LogP contribution >= 0.6 is 11.8 Å². The van der Waals surface area contributed by atoms with Gasteiger partial charge >= 0.3 is 0 Å². The minimum absolute atomic E-state index is 0.0640. The lowest BCUT2D eigenvalue weighted by Gasteiger charge is -2.26. The van der Waals surface area contributed by atoms with Crippen LogP contribution in [-0.2, 0) is 14.6 Å². The standard InChI is InChI=1S/C18H25N3O3S2/c1-4-17(22)19-18-21(15-11-26(23,24)12-16(15)25-18)14-9-7-13(8-10-14)20(5-2)6-3/h7-10,15-16H,4-6,11-12H2,1-3H3/t15-,16-/m1/s1. The molecule has 3 rings (SSSR count). The van der Waals surface area contributed by atoms with Crippen LogP contribution in [-0.4, -0.2) is 55.4 Å². The topological polar surface area (TPSA) is 70.0 Å². The Kier molecular flexibility index (Phi) is 5.62. The molecule has 6 nitrogen and oxygen atoms in total. The van der Waals surface area contributed by atoms with E-state index in [1.165, 1.54) is 11.8 Å². The number of carbonyl (C=O) groups is 1. The van der Waals surface area contributed by atoms with Crippen molar-refractivity contribution in [2.75, 3.05) is 34.4 Å². The van der Waals surface area contributed by atoms with E-state index in [1.54, 1.807) is 6.92 Å². The lowest BCUT2D eigenvalue weighted by molar-refractivity contribution is -0.117. The van der Waals surface area contributed by atoms with E-state index < -0.39 is 9.84 Å². The molecule has 2 saturated heterocycles. The first kappa shape index (κ1) is 19.2. The fourth-order valence-corrected chi connectivity index (χ4v) is 7.40. The molecule has 0 spiro atoms. The number of rotatable bonds is 5. The summed E-state index contributed by atoms with van der Waals surface area (Å²) in [6, 6.07) is 7.92. The summed E-state index contributed by atoms with van der Waals surface area (Å²) in [5, 5.41) is 0.559. The number of hydrogen-bond donors (Lipinski definition) is 0. The summed E-state index contributed by atoms with van der Waals surface area (Å²) in [6.45, 7) is 7.86. The number of amides is 1. The number of anilines is 2. The van der Waals surface area contributed by atoms with E-state index in [0.29, 0.717) is 11.6 Å². The van der Waals surface area contributed by atoms with Crippen molar-refractivity contribution in [1.29, 1.82) is 0 Å². The largest absolute Gasteiger partial charge is 0.372 e. The number of thioether (sulfide) groups is 1. The van der Waals surface area contributed by atoms with Gasteiger partial charge in [-0.05, 0) is 38.1 Å². The molecule has 1 aromatic carbocycles. The van der Waals surface area contributed by atoms with Crippen LogP contribution < -0.4 is 9.80 Å². The second kappa shape index (κ2) is 7.60. The summed E-state index contributed by atoms with van der Waals surface area (Å²) in [6.07, 6.45) is 0.340. The fraction of sp³-hybridized carbons (Fsp3) is 0.556. The molecule has 0 unspecified atom stereocenters. The van der Waals surface area contributed by atoms with Crippen molar-refractivity contribution in [2.45, 2.75) is 38.5 Å². The SMILES string of the molecule is CCC(=O)N=C1S[C@@H]2CS(=O)(=O)C[C@H]2N1c1ccc(N(CC)CC)cc1. The van der Waals surface area contributed by atoms with Crippen molar-refractivity contribution >= 4 is 44.0 Å². The maximum atomic E-state index is 12.1. The highest BCUT2D eigenvalue weighted by atomic mass is 32.2. The molecule has 1 amide bonds. The molecule has 0 bridgehead atoms. The molecule has 142 valence electrons. The molecular weight excluding hydrogens is 370 g/mol. The van der Waals surface area contributed by atoms with Gasteiger partial charge in [-0.2, -0.15) is 4.99 Å². The molecule has 0 radical (unpaired) electrons. The van der Waals surface area contributed by atoms with Gasteiger partial charge in [-0.3, -0.25) is 4.79 Å². The second-order valence-corrected chi connectivity index (χ2v) is 9.86. The summed E-state index contributed by atoms with van der Waals surface area (Å²) in [5.74, 6) is 0.0809. The van der Waals surface area contributed by atoms with Crippen LogP contribution in [0.15, 0.2) is 29.3 Å². The second-order valence-electron chi connectivity index (χ2n) is 6.50. The van der Waals surface area contributed by atoms with Crippen LogP contribution in [0.2, 0.25) is 0 Å². The van der Waals surface area contributed by atoms with Gasteiger partial charge in [0.1, 0.15) is 0 Å². The van der Waals surface area contributed by atoms with Crippen molar-refractivity contribution in [3.05, 3.63) is 24.3 Å². The van der Waals surface area contributed by atoms with E-state index in [2.05, 4.69) is 23.7 Å². The number of amidine groups is 1. The summed E-state index contributed by atoms with van der Waals surface area (Å²) >= 11 is 1.42. The number of fused-ring (bicyclic) bond motifs is 1. The average molecular weight is 396 g/mol. The van der Waals surface area contributed by atoms with Crippen LogP contribution in [0.3, 0.4) is 0 Å². The number of aliphatic imine (C=N–C) groups is 1. The van der Waals surface area contributed by atoms with Crippen molar-refractivity contribution in [1.82, 2.24) is 0 Å². The van der Waals surface area contributed by atoms with Gasteiger partial charge in [0.2, 0.25) is 5.91 Å². The minimum atomic E-state index is -3.04. The van der Waals surface area contributed by atoms with E-state index in [0.717, 1.165) is 24.5 Å². The molecule has 8 heteroatoms. The highest BCUT2D eigenvalue weighted by molar-refractivity contribution is 8.16. The number of sulfone groups is 1. The smallest absolute Gasteiger partial charge is 0.247 e. The van der Waals surface area contributed by atoms with Crippen molar-refractivity contribution in [3.8, 4) is 0 Å². The van der Waals surface area contributed by atoms with Gasteiger partial charge in [-0.15, -0.1) is 0 Å². The van der Waals surface area contributed by atoms with Gasteiger partial charge < -0.3 is 9.80 Å². The maximum Gasteiger partial charge on any atom is 0.247 e. The van der Waals surface area contributed by atoms with Crippen LogP contribution in [0.5, 0.6) is 0 Å². The Balaban J connectivity index is 1.95. The van der Waals surface area contributed by atoms with Crippen LogP contribution in [0.4, 0.5) is 11.4 Å².